The summed E-state index contributed by atoms with van der Waals surface area (Å²) < 4.78 is 30.9. The maximum atomic E-state index is 12.1. The number of aromatic nitrogens is 1. The van der Waals surface area contributed by atoms with Crippen LogP contribution in [0.4, 0.5) is 11.4 Å². The lowest BCUT2D eigenvalue weighted by Gasteiger charge is -2.09. The van der Waals surface area contributed by atoms with Crippen molar-refractivity contribution in [1.29, 1.82) is 0 Å². The molecule has 3 N–H and O–H groups in total. The summed E-state index contributed by atoms with van der Waals surface area (Å²) in [5.74, 6) is 0. The fraction of sp³-hybridized carbons (Fsp3) is 0. The molecular formula is C9H7Cl2N3O3S. The Morgan fingerprint density at radius 3 is 2.39 bits per heavy atom. The van der Waals surface area contributed by atoms with Crippen LogP contribution in [-0.4, -0.2) is 13.6 Å². The average Bonchev–Trinajstić information content (AvgIpc) is 2.66. The molecule has 0 spiro atoms. The van der Waals surface area contributed by atoms with Crippen LogP contribution in [0, 0.1) is 0 Å². The zero-order valence-corrected chi connectivity index (χ0v) is 11.1. The van der Waals surface area contributed by atoms with Gasteiger partial charge in [-0.25, -0.2) is 8.42 Å². The number of nitrogens with two attached hydrogens (primary N) is 1. The van der Waals surface area contributed by atoms with Crippen molar-refractivity contribution in [2.24, 2.45) is 0 Å². The average molecular weight is 308 g/mol. The molecule has 9 heteroatoms. The van der Waals surface area contributed by atoms with Crippen LogP contribution in [0.25, 0.3) is 0 Å². The molecule has 0 radical (unpaired) electrons. The smallest absolute Gasteiger partial charge is 0.265 e. The summed E-state index contributed by atoms with van der Waals surface area (Å²) in [6.07, 6.45) is 2.34. The number of nitrogens with one attached hydrogen (secondary N) is 1. The van der Waals surface area contributed by atoms with Gasteiger partial charge in [0.15, 0.2) is 0 Å². The molecule has 0 amide bonds. The molecule has 6 nitrogen and oxygen atoms in total. The first kappa shape index (κ1) is 13.0. The number of anilines is 2. The van der Waals surface area contributed by atoms with E-state index in [4.69, 9.17) is 28.9 Å². The van der Waals surface area contributed by atoms with Crippen molar-refractivity contribution >= 4 is 44.6 Å². The molecule has 1 heterocycles. The van der Waals surface area contributed by atoms with Gasteiger partial charge in [-0.15, -0.1) is 0 Å². The SMILES string of the molecule is Nc1cc(Cl)c(S(=O)(=O)Nc2cnoc2)c(Cl)c1. The molecule has 0 saturated carbocycles. The zero-order chi connectivity index (χ0) is 13.3. The molecule has 2 rings (SSSR count). The predicted octanol–water partition coefficient (Wildman–Crippen LogP) is 2.36. The van der Waals surface area contributed by atoms with Gasteiger partial charge in [-0.3, -0.25) is 4.72 Å². The molecule has 0 aliphatic heterocycles. The van der Waals surface area contributed by atoms with Crippen molar-refractivity contribution in [3.05, 3.63) is 34.6 Å². The molecule has 0 atom stereocenters. The molecule has 1 aromatic carbocycles. The van der Waals surface area contributed by atoms with E-state index in [2.05, 4.69) is 14.4 Å². The number of hydrogen-bond acceptors (Lipinski definition) is 5. The van der Waals surface area contributed by atoms with E-state index in [1.807, 2.05) is 0 Å². The maximum Gasteiger partial charge on any atom is 0.265 e. The fourth-order valence-corrected chi connectivity index (χ4v) is 3.56. The third-order valence-electron chi connectivity index (χ3n) is 1.97. The minimum absolute atomic E-state index is 0.0658. The van der Waals surface area contributed by atoms with Gasteiger partial charge in [0.25, 0.3) is 10.0 Å². The largest absolute Gasteiger partial charge is 0.399 e. The van der Waals surface area contributed by atoms with Gasteiger partial charge in [0.05, 0.1) is 16.2 Å². The second-order valence-corrected chi connectivity index (χ2v) is 5.77. The lowest BCUT2D eigenvalue weighted by molar-refractivity contribution is 0.420. The van der Waals surface area contributed by atoms with Gasteiger partial charge in [0.2, 0.25) is 0 Å². The Hall–Kier alpha value is -1.44. The van der Waals surface area contributed by atoms with Crippen LogP contribution in [0.2, 0.25) is 10.0 Å². The quantitative estimate of drug-likeness (QED) is 0.848. The first-order chi connectivity index (χ1) is 8.40. The second-order valence-electron chi connectivity index (χ2n) is 3.33. The van der Waals surface area contributed by atoms with Gasteiger partial charge in [-0.05, 0) is 12.1 Å². The Balaban J connectivity index is 2.48. The van der Waals surface area contributed by atoms with Crippen LogP contribution in [0.3, 0.4) is 0 Å². The van der Waals surface area contributed by atoms with Crippen LogP contribution in [0.5, 0.6) is 0 Å². The van der Waals surface area contributed by atoms with E-state index in [9.17, 15) is 8.42 Å². The van der Waals surface area contributed by atoms with Crippen LogP contribution in [-0.2, 0) is 10.0 Å². The van der Waals surface area contributed by atoms with E-state index >= 15 is 0 Å². The molecular weight excluding hydrogens is 301 g/mol. The summed E-state index contributed by atoms with van der Waals surface area (Å²) in [5.41, 5.74) is 5.94. The minimum Gasteiger partial charge on any atom is -0.399 e. The third-order valence-corrected chi connectivity index (χ3v) is 4.28. The van der Waals surface area contributed by atoms with Crippen molar-refractivity contribution < 1.29 is 12.9 Å². The number of rotatable bonds is 3. The molecule has 0 unspecified atom stereocenters. The molecule has 96 valence electrons. The normalized spacial score (nSPS) is 11.4. The first-order valence-corrected chi connectivity index (χ1v) is 6.81. The Morgan fingerprint density at radius 2 is 1.89 bits per heavy atom. The molecule has 0 bridgehead atoms. The number of nitrogen functional groups attached to an aromatic ring is 1. The summed E-state index contributed by atoms with van der Waals surface area (Å²) in [5, 5.41) is 3.24. The summed E-state index contributed by atoms with van der Waals surface area (Å²) >= 11 is 11.7. The van der Waals surface area contributed by atoms with E-state index in [1.165, 1.54) is 18.3 Å². The third kappa shape index (κ3) is 2.53. The Morgan fingerprint density at radius 1 is 1.28 bits per heavy atom. The molecule has 0 fully saturated rings. The second kappa shape index (κ2) is 4.68. The van der Waals surface area contributed by atoms with Gasteiger partial charge < -0.3 is 10.3 Å². The molecule has 0 saturated heterocycles. The zero-order valence-electron chi connectivity index (χ0n) is 8.72. The van der Waals surface area contributed by atoms with Crippen molar-refractivity contribution in [3.63, 3.8) is 0 Å². The Labute approximate surface area is 113 Å². The van der Waals surface area contributed by atoms with Gasteiger partial charge >= 0.3 is 0 Å². The van der Waals surface area contributed by atoms with Crippen molar-refractivity contribution in [2.75, 3.05) is 10.5 Å². The van der Waals surface area contributed by atoms with E-state index in [1.54, 1.807) is 0 Å². The summed E-state index contributed by atoms with van der Waals surface area (Å²) in [6.45, 7) is 0. The van der Waals surface area contributed by atoms with Gasteiger partial charge in [0.1, 0.15) is 16.8 Å². The highest BCUT2D eigenvalue weighted by atomic mass is 35.5. The number of halogens is 2. The molecule has 1 aromatic heterocycles. The predicted molar refractivity (Wildman–Crippen MR) is 68.2 cm³/mol. The highest BCUT2D eigenvalue weighted by Crippen LogP contribution is 2.32. The van der Waals surface area contributed by atoms with Crippen LogP contribution in [0.15, 0.2) is 34.0 Å². The van der Waals surface area contributed by atoms with E-state index in [-0.39, 0.29) is 26.3 Å². The van der Waals surface area contributed by atoms with E-state index in [0.717, 1.165) is 6.26 Å². The Kier molecular flexibility index (Phi) is 3.38. The van der Waals surface area contributed by atoms with Gasteiger partial charge in [-0.1, -0.05) is 28.4 Å². The van der Waals surface area contributed by atoms with Crippen molar-refractivity contribution in [1.82, 2.24) is 5.16 Å². The fourth-order valence-electron chi connectivity index (χ4n) is 1.30. The van der Waals surface area contributed by atoms with Gasteiger partial charge in [0, 0.05) is 5.69 Å². The lowest BCUT2D eigenvalue weighted by atomic mass is 10.3. The Bertz CT molecular complexity index is 647. The lowest BCUT2D eigenvalue weighted by Crippen LogP contribution is -2.13. The van der Waals surface area contributed by atoms with Crippen LogP contribution >= 0.6 is 23.2 Å². The number of sulfonamides is 1. The number of benzene rings is 1. The highest BCUT2D eigenvalue weighted by Gasteiger charge is 2.23. The molecule has 0 aliphatic carbocycles. The number of hydrogen-bond donors (Lipinski definition) is 2. The minimum atomic E-state index is -3.93. The van der Waals surface area contributed by atoms with E-state index in [0.29, 0.717) is 0 Å². The monoisotopic (exact) mass is 307 g/mol. The highest BCUT2D eigenvalue weighted by molar-refractivity contribution is 7.93. The van der Waals surface area contributed by atoms with Gasteiger partial charge in [-0.2, -0.15) is 0 Å². The van der Waals surface area contributed by atoms with E-state index < -0.39 is 10.0 Å². The summed E-state index contributed by atoms with van der Waals surface area (Å²) in [7, 11) is -3.93. The topological polar surface area (TPSA) is 98.2 Å². The molecule has 18 heavy (non-hydrogen) atoms. The number of nitrogens with zero attached hydrogens (tertiary/aromatic N) is 1. The molecule has 2 aromatic rings. The first-order valence-electron chi connectivity index (χ1n) is 4.57. The molecule has 0 aliphatic rings. The van der Waals surface area contributed by atoms with Crippen LogP contribution in [0.1, 0.15) is 0 Å². The standard InChI is InChI=1S/C9H7Cl2N3O3S/c10-7-1-5(12)2-8(11)9(7)18(15,16)14-6-3-13-17-4-6/h1-4,14H,12H2. The van der Waals surface area contributed by atoms with Crippen molar-refractivity contribution in [3.8, 4) is 0 Å². The summed E-state index contributed by atoms with van der Waals surface area (Å²) in [4.78, 5) is -0.249. The summed E-state index contributed by atoms with van der Waals surface area (Å²) in [6, 6.07) is 2.60. The maximum absolute atomic E-state index is 12.1. The van der Waals surface area contributed by atoms with Crippen LogP contribution < -0.4 is 10.5 Å². The van der Waals surface area contributed by atoms with Crippen molar-refractivity contribution in [2.45, 2.75) is 4.90 Å².